The number of nitrogens with zero attached hydrogens (tertiary/aromatic N) is 3. The molecule has 8 nitrogen and oxygen atoms in total. The highest BCUT2D eigenvalue weighted by Crippen LogP contribution is 2.32. The normalized spacial score (nSPS) is 11.8. The van der Waals surface area contributed by atoms with Crippen molar-refractivity contribution in [3.63, 3.8) is 0 Å². The molecule has 2 aromatic heterocycles. The lowest BCUT2D eigenvalue weighted by Gasteiger charge is -2.16. The predicted octanol–water partition coefficient (Wildman–Crippen LogP) is 2.48. The fraction of sp³-hybridized carbons (Fsp3) is 0.214. The molecule has 0 unspecified atom stereocenters. The second-order valence-corrected chi connectivity index (χ2v) is 7.17. The van der Waals surface area contributed by atoms with E-state index in [2.05, 4.69) is 24.8 Å². The van der Waals surface area contributed by atoms with Crippen molar-refractivity contribution < 1.29 is 30.5 Å². The highest BCUT2D eigenvalue weighted by molar-refractivity contribution is 7.88. The molecule has 2 aromatic rings. The molecule has 0 aliphatic rings. The average Bonchev–Trinajstić information content (AvgIpc) is 2.55. The number of terminal acetylenes is 1. The van der Waals surface area contributed by atoms with Crippen molar-refractivity contribution in [3.8, 4) is 35.4 Å². The zero-order valence-corrected chi connectivity index (χ0v) is 15.9. The van der Waals surface area contributed by atoms with Crippen LogP contribution in [0, 0.1) is 12.3 Å². The first kappa shape index (κ1) is 21.8. The van der Waals surface area contributed by atoms with Crippen LogP contribution in [0.2, 0.25) is 10.3 Å². The first-order valence-corrected chi connectivity index (χ1v) is 9.04. The number of methoxy groups -OCH3 is 1. The molecular weight excluding hydrogens is 450 g/mol. The molecule has 0 N–H and O–H groups in total. The van der Waals surface area contributed by atoms with Crippen molar-refractivity contribution in [2.45, 2.75) is 12.1 Å². The molecule has 0 aromatic carbocycles. The Morgan fingerprint density at radius 2 is 1.82 bits per heavy atom. The van der Waals surface area contributed by atoms with Crippen LogP contribution in [0.4, 0.5) is 13.2 Å². The number of halogens is 5. The van der Waals surface area contributed by atoms with Crippen molar-refractivity contribution in [1.29, 1.82) is 0 Å². The molecule has 0 amide bonds. The van der Waals surface area contributed by atoms with E-state index in [-0.39, 0.29) is 28.2 Å². The fourth-order valence-electron chi connectivity index (χ4n) is 1.95. The molecule has 0 saturated carbocycles. The van der Waals surface area contributed by atoms with E-state index in [0.29, 0.717) is 0 Å². The summed E-state index contributed by atoms with van der Waals surface area (Å²) in [6.45, 7) is -0.388. The Bertz CT molecular complexity index is 1110. The number of alkyl halides is 3. The molecule has 0 atom stereocenters. The molecule has 0 radical (unpaired) electrons. The lowest BCUT2D eigenvalue weighted by atomic mass is 10.2. The second-order valence-electron chi connectivity index (χ2n) is 4.85. The molecule has 14 heteroatoms. The van der Waals surface area contributed by atoms with E-state index in [9.17, 15) is 26.4 Å². The van der Waals surface area contributed by atoms with Gasteiger partial charge in [0.1, 0.15) is 16.1 Å². The lowest BCUT2D eigenvalue weighted by Crippen LogP contribution is -2.31. The number of hydrogen-bond acceptors (Lipinski definition) is 7. The summed E-state index contributed by atoms with van der Waals surface area (Å²) in [5, 5.41) is -0.268. The largest absolute Gasteiger partial charge is 0.534 e. The summed E-state index contributed by atoms with van der Waals surface area (Å²) >= 11 is 11.6. The lowest BCUT2D eigenvalue weighted by molar-refractivity contribution is -0.0502. The highest BCUT2D eigenvalue weighted by atomic mass is 35.5. The number of hydrogen-bond donors (Lipinski definition) is 0. The van der Waals surface area contributed by atoms with E-state index < -0.39 is 32.8 Å². The molecule has 2 heterocycles. The highest BCUT2D eigenvalue weighted by Gasteiger charge is 2.49. The third-order valence-electron chi connectivity index (χ3n) is 3.04. The zero-order chi connectivity index (χ0) is 21.3. The summed E-state index contributed by atoms with van der Waals surface area (Å²) in [5.74, 6) is -0.362. The monoisotopic (exact) mass is 457 g/mol. The van der Waals surface area contributed by atoms with Gasteiger partial charge in [0.25, 0.3) is 5.88 Å². The van der Waals surface area contributed by atoms with Gasteiger partial charge >= 0.3 is 21.2 Å². The minimum atomic E-state index is -6.14. The summed E-state index contributed by atoms with van der Waals surface area (Å²) in [7, 11) is -5.23. The van der Waals surface area contributed by atoms with Crippen LogP contribution in [0.3, 0.4) is 0 Å². The Morgan fingerprint density at radius 1 is 1.25 bits per heavy atom. The maximum atomic E-state index is 12.7. The summed E-state index contributed by atoms with van der Waals surface area (Å²) in [4.78, 5) is 19.9. The van der Waals surface area contributed by atoms with Gasteiger partial charge in [-0.3, -0.25) is 9.36 Å². The maximum Gasteiger partial charge on any atom is 0.534 e. The molecule has 150 valence electrons. The van der Waals surface area contributed by atoms with Crippen LogP contribution in [0.25, 0.3) is 11.4 Å². The summed E-state index contributed by atoms with van der Waals surface area (Å²) in [6, 6.07) is 2.35. The first-order chi connectivity index (χ1) is 12.9. The van der Waals surface area contributed by atoms with Gasteiger partial charge in [-0.15, -0.1) is 6.42 Å². The molecule has 0 spiro atoms. The maximum absolute atomic E-state index is 12.7. The van der Waals surface area contributed by atoms with E-state index >= 15 is 0 Å². The van der Waals surface area contributed by atoms with Crippen LogP contribution in [0.5, 0.6) is 11.6 Å². The van der Waals surface area contributed by atoms with Gasteiger partial charge in [0, 0.05) is 5.56 Å². The molecular formula is C14H8Cl2F3N3O5S. The second kappa shape index (κ2) is 7.86. The van der Waals surface area contributed by atoms with Gasteiger partial charge in [0.05, 0.1) is 13.7 Å². The van der Waals surface area contributed by atoms with Gasteiger partial charge in [-0.1, -0.05) is 29.1 Å². The van der Waals surface area contributed by atoms with Gasteiger partial charge in [-0.25, -0.2) is 4.98 Å². The van der Waals surface area contributed by atoms with E-state index in [1.807, 2.05) is 0 Å². The molecule has 28 heavy (non-hydrogen) atoms. The van der Waals surface area contributed by atoms with Crippen LogP contribution in [-0.2, 0) is 16.7 Å². The van der Waals surface area contributed by atoms with Crippen LogP contribution >= 0.6 is 23.2 Å². The van der Waals surface area contributed by atoms with E-state index in [4.69, 9.17) is 29.6 Å². The van der Waals surface area contributed by atoms with Gasteiger partial charge in [-0.2, -0.15) is 26.6 Å². The van der Waals surface area contributed by atoms with Crippen molar-refractivity contribution in [3.05, 3.63) is 32.8 Å². The Morgan fingerprint density at radius 3 is 2.29 bits per heavy atom. The van der Waals surface area contributed by atoms with Gasteiger partial charge in [-0.05, 0) is 12.1 Å². The van der Waals surface area contributed by atoms with Gasteiger partial charge in [0.2, 0.25) is 5.75 Å². The Balaban J connectivity index is 2.83. The van der Waals surface area contributed by atoms with Crippen LogP contribution in [-0.4, -0.2) is 35.6 Å². The van der Waals surface area contributed by atoms with Gasteiger partial charge in [0.15, 0.2) is 0 Å². The average molecular weight is 458 g/mol. The first-order valence-electron chi connectivity index (χ1n) is 6.87. The number of pyridine rings is 1. The van der Waals surface area contributed by atoms with Gasteiger partial charge < -0.3 is 8.92 Å². The third kappa shape index (κ3) is 4.32. The third-order valence-corrected chi connectivity index (χ3v) is 4.37. The Hall–Kier alpha value is -2.49. The Kier molecular flexibility index (Phi) is 6.12. The number of rotatable bonds is 5. The molecule has 2 rings (SSSR count). The SMILES string of the molecule is C#CCn1c(-c2cc(Cl)nc(Cl)c2)nc(OS(=O)(=O)C(F)(F)F)c(OC)c1=O. The van der Waals surface area contributed by atoms with E-state index in [1.165, 1.54) is 12.1 Å². The smallest absolute Gasteiger partial charge is 0.487 e. The summed E-state index contributed by atoms with van der Waals surface area (Å²) in [6.07, 6.45) is 5.21. The molecule has 0 fully saturated rings. The van der Waals surface area contributed by atoms with Crippen LogP contribution < -0.4 is 14.5 Å². The number of ether oxygens (including phenoxy) is 1. The minimum absolute atomic E-state index is 0.00857. The topological polar surface area (TPSA) is 100 Å². The quantitative estimate of drug-likeness (QED) is 0.294. The van der Waals surface area contributed by atoms with Crippen molar-refractivity contribution in [2.24, 2.45) is 0 Å². The standard InChI is InChI=1S/C14H8Cl2F3N3O5S/c1-3-4-22-11(7-5-8(15)20-9(16)6-7)21-12(10(26-2)13(22)23)27-28(24,25)14(17,18)19/h1,5-6H,4H2,2H3. The minimum Gasteiger partial charge on any atom is -0.487 e. The van der Waals surface area contributed by atoms with E-state index in [0.717, 1.165) is 11.7 Å². The molecule has 0 aliphatic carbocycles. The van der Waals surface area contributed by atoms with Crippen LogP contribution in [0.15, 0.2) is 16.9 Å². The number of aromatic nitrogens is 3. The molecule has 0 aliphatic heterocycles. The summed E-state index contributed by atoms with van der Waals surface area (Å²) in [5.41, 5.74) is -6.85. The van der Waals surface area contributed by atoms with Crippen molar-refractivity contribution in [1.82, 2.24) is 14.5 Å². The zero-order valence-electron chi connectivity index (χ0n) is 13.6. The molecule has 0 bridgehead atoms. The Labute approximate surface area is 166 Å². The summed E-state index contributed by atoms with van der Waals surface area (Å²) < 4.78 is 70.1. The van der Waals surface area contributed by atoms with Crippen molar-refractivity contribution in [2.75, 3.05) is 7.11 Å². The van der Waals surface area contributed by atoms with E-state index in [1.54, 1.807) is 0 Å². The molecule has 0 saturated heterocycles. The predicted molar refractivity (Wildman–Crippen MR) is 92.7 cm³/mol. The fourth-order valence-corrected chi connectivity index (χ4v) is 2.83. The van der Waals surface area contributed by atoms with Crippen LogP contribution in [0.1, 0.15) is 0 Å². The van der Waals surface area contributed by atoms with Crippen molar-refractivity contribution >= 4 is 33.3 Å².